The van der Waals surface area contributed by atoms with Gasteiger partial charge in [-0.25, -0.2) is 0 Å². The molecule has 0 aliphatic heterocycles. The molecule has 0 bridgehead atoms. The molecule has 0 saturated heterocycles. The van der Waals surface area contributed by atoms with Gasteiger partial charge in [-0.2, -0.15) is 4.37 Å². The number of pyridine rings is 1. The van der Waals surface area contributed by atoms with E-state index in [0.717, 1.165) is 40.0 Å². The summed E-state index contributed by atoms with van der Waals surface area (Å²) in [7, 11) is 0. The normalized spacial score (nSPS) is 11.9. The number of primary amides is 1. The second-order valence-electron chi connectivity index (χ2n) is 9.99. The monoisotopic (exact) mass is 544 g/mol. The van der Waals surface area contributed by atoms with Gasteiger partial charge < -0.3 is 16.8 Å². The van der Waals surface area contributed by atoms with E-state index in [-0.39, 0.29) is 22.2 Å². The van der Waals surface area contributed by atoms with Crippen LogP contribution in [0.25, 0.3) is 10.9 Å². The van der Waals surface area contributed by atoms with Crippen LogP contribution in [0, 0.1) is 19.8 Å². The lowest BCUT2D eigenvalue weighted by Gasteiger charge is -2.32. The second-order valence-corrected chi connectivity index (χ2v) is 10.8. The van der Waals surface area contributed by atoms with Crippen LogP contribution in [0.2, 0.25) is 0 Å². The molecule has 2 aromatic carbocycles. The molecule has 2 heterocycles. The first-order valence-electron chi connectivity index (χ1n) is 12.7. The summed E-state index contributed by atoms with van der Waals surface area (Å²) in [4.78, 5) is 45.9. The van der Waals surface area contributed by atoms with E-state index in [9.17, 15) is 14.4 Å². The predicted molar refractivity (Wildman–Crippen MR) is 155 cm³/mol. The van der Waals surface area contributed by atoms with Crippen molar-refractivity contribution in [3.63, 3.8) is 0 Å². The summed E-state index contributed by atoms with van der Waals surface area (Å²) in [5, 5.41) is 3.85. The number of benzene rings is 2. The quantitative estimate of drug-likeness (QED) is 0.282. The van der Waals surface area contributed by atoms with E-state index in [1.165, 1.54) is 4.90 Å². The molecule has 0 radical (unpaired) electrons. The Hall–Kier alpha value is -4.31. The third kappa shape index (κ3) is 6.06. The third-order valence-corrected chi connectivity index (χ3v) is 7.18. The van der Waals surface area contributed by atoms with E-state index in [1.807, 2.05) is 56.3 Å². The summed E-state index contributed by atoms with van der Waals surface area (Å²) in [6.07, 6.45) is 2.48. The summed E-state index contributed by atoms with van der Waals surface area (Å²) >= 11 is 0.784. The number of carbonyl (C=O) groups excluding carboxylic acids is 3. The molecule has 5 N–H and O–H groups in total. The number of nitrogen functional groups attached to an aromatic ring is 1. The highest BCUT2D eigenvalue weighted by atomic mass is 32.1. The van der Waals surface area contributed by atoms with Crippen LogP contribution in [0.5, 0.6) is 0 Å². The van der Waals surface area contributed by atoms with Crippen molar-refractivity contribution in [2.45, 2.75) is 40.2 Å². The van der Waals surface area contributed by atoms with Gasteiger partial charge in [0.05, 0.1) is 11.2 Å². The van der Waals surface area contributed by atoms with Gasteiger partial charge in [0.1, 0.15) is 10.9 Å². The van der Waals surface area contributed by atoms with Crippen LogP contribution < -0.4 is 21.7 Å². The molecule has 0 unspecified atom stereocenters. The summed E-state index contributed by atoms with van der Waals surface area (Å²) < 4.78 is 4.02. The maximum absolute atomic E-state index is 14.3. The molecular formula is C29H32N6O3S. The van der Waals surface area contributed by atoms with Crippen LogP contribution in [0.4, 0.5) is 11.4 Å². The minimum Gasteiger partial charge on any atom is -0.395 e. The first kappa shape index (κ1) is 27.7. The summed E-state index contributed by atoms with van der Waals surface area (Å²) in [5.74, 6) is -1.34. The molecule has 10 heteroatoms. The fourth-order valence-electron chi connectivity index (χ4n) is 4.47. The van der Waals surface area contributed by atoms with Crippen molar-refractivity contribution < 1.29 is 14.4 Å². The Morgan fingerprint density at radius 2 is 1.77 bits per heavy atom. The Balaban J connectivity index is 1.92. The largest absolute Gasteiger partial charge is 0.395 e. The molecular weight excluding hydrogens is 512 g/mol. The number of nitrogens with zero attached hydrogens (tertiary/aromatic N) is 3. The number of carbonyl (C=O) groups is 3. The molecule has 0 fully saturated rings. The van der Waals surface area contributed by atoms with E-state index in [0.29, 0.717) is 23.7 Å². The Bertz CT molecular complexity index is 1530. The van der Waals surface area contributed by atoms with Gasteiger partial charge in [0.25, 0.3) is 11.8 Å². The lowest BCUT2D eigenvalue weighted by molar-refractivity contribution is -0.122. The number of aromatic nitrogens is 2. The topological polar surface area (TPSA) is 144 Å². The number of fused-ring (bicyclic) bond motifs is 1. The van der Waals surface area contributed by atoms with E-state index in [4.69, 9.17) is 11.5 Å². The molecule has 0 spiro atoms. The first-order chi connectivity index (χ1) is 18.6. The van der Waals surface area contributed by atoms with Gasteiger partial charge in [-0.15, -0.1) is 0 Å². The van der Waals surface area contributed by atoms with Gasteiger partial charge in [0, 0.05) is 23.8 Å². The van der Waals surface area contributed by atoms with Crippen LogP contribution in [0.15, 0.2) is 54.7 Å². The molecule has 4 aromatic rings. The smallest absolute Gasteiger partial charge is 0.273 e. The zero-order valence-electron chi connectivity index (χ0n) is 22.4. The van der Waals surface area contributed by atoms with Crippen LogP contribution in [-0.4, -0.2) is 33.6 Å². The lowest BCUT2D eigenvalue weighted by Crippen LogP contribution is -2.44. The molecule has 202 valence electrons. The summed E-state index contributed by atoms with van der Waals surface area (Å²) in [5.41, 5.74) is 15.0. The number of hydrogen-bond donors (Lipinski definition) is 3. The molecule has 2 aromatic heterocycles. The fraction of sp³-hybridized carbons (Fsp3) is 0.276. The molecule has 0 aliphatic rings. The highest BCUT2D eigenvalue weighted by Gasteiger charge is 2.36. The van der Waals surface area contributed by atoms with Gasteiger partial charge in [0.2, 0.25) is 5.91 Å². The molecule has 39 heavy (non-hydrogen) atoms. The maximum atomic E-state index is 14.3. The summed E-state index contributed by atoms with van der Waals surface area (Å²) in [6, 6.07) is 13.8. The van der Waals surface area contributed by atoms with Crippen molar-refractivity contribution in [1.82, 2.24) is 14.7 Å². The van der Waals surface area contributed by atoms with Crippen molar-refractivity contribution in [1.29, 1.82) is 0 Å². The number of anilines is 2. The molecule has 0 saturated carbocycles. The fourth-order valence-corrected chi connectivity index (χ4v) is 5.22. The Labute approximate surface area is 231 Å². The van der Waals surface area contributed by atoms with E-state index in [2.05, 4.69) is 28.5 Å². The van der Waals surface area contributed by atoms with Crippen molar-refractivity contribution in [2.75, 3.05) is 17.2 Å². The number of aryl methyl sites for hydroxylation is 2. The summed E-state index contributed by atoms with van der Waals surface area (Å²) in [6.45, 7) is 8.45. The molecule has 9 nitrogen and oxygen atoms in total. The number of hydrogen-bond acceptors (Lipinski definition) is 7. The van der Waals surface area contributed by atoms with Gasteiger partial charge >= 0.3 is 0 Å². The average Bonchev–Trinajstić information content (AvgIpc) is 3.27. The Morgan fingerprint density at radius 1 is 1.05 bits per heavy atom. The van der Waals surface area contributed by atoms with Crippen LogP contribution in [0.1, 0.15) is 63.2 Å². The Morgan fingerprint density at radius 3 is 2.41 bits per heavy atom. The lowest BCUT2D eigenvalue weighted by atomic mass is 9.99. The minimum atomic E-state index is -1.05. The van der Waals surface area contributed by atoms with Crippen LogP contribution in [-0.2, 0) is 4.79 Å². The van der Waals surface area contributed by atoms with Gasteiger partial charge in [0.15, 0.2) is 5.69 Å². The maximum Gasteiger partial charge on any atom is 0.273 e. The van der Waals surface area contributed by atoms with Crippen LogP contribution in [0.3, 0.4) is 0 Å². The zero-order chi connectivity index (χ0) is 28.3. The molecule has 1 atom stereocenters. The first-order valence-corrected chi connectivity index (χ1v) is 13.4. The zero-order valence-corrected chi connectivity index (χ0v) is 23.2. The Kier molecular flexibility index (Phi) is 8.25. The molecule has 3 amide bonds. The molecule has 4 rings (SSSR count). The van der Waals surface area contributed by atoms with Crippen molar-refractivity contribution in [3.05, 3.63) is 82.0 Å². The number of rotatable bonds is 9. The van der Waals surface area contributed by atoms with Gasteiger partial charge in [-0.1, -0.05) is 32.0 Å². The minimum absolute atomic E-state index is 0.0328. The predicted octanol–water partition coefficient (Wildman–Crippen LogP) is 4.54. The van der Waals surface area contributed by atoms with Gasteiger partial charge in [-0.3, -0.25) is 24.3 Å². The standard InChI is InChI=1S/C29H32N6O3S/c1-16(2)9-11-33-28(37)25(20-7-8-22-19(15-20)6-5-10-32-22)35(21-13-17(3)12-18(4)14-21)29(38)26-23(30)24(27(31)36)34-39-26/h5-8,10,12-16,25H,9,11,30H2,1-4H3,(H2,31,36)(H,33,37)/t25-/m0/s1. The molecule has 0 aliphatic carbocycles. The van der Waals surface area contributed by atoms with E-state index < -0.39 is 17.9 Å². The van der Waals surface area contributed by atoms with Crippen molar-refractivity contribution in [2.24, 2.45) is 11.7 Å². The van der Waals surface area contributed by atoms with E-state index in [1.54, 1.807) is 12.3 Å². The number of amides is 3. The van der Waals surface area contributed by atoms with E-state index >= 15 is 0 Å². The van der Waals surface area contributed by atoms with Crippen molar-refractivity contribution >= 4 is 51.5 Å². The van der Waals surface area contributed by atoms with Gasteiger partial charge in [-0.05, 0) is 84.7 Å². The van der Waals surface area contributed by atoms with Crippen LogP contribution >= 0.6 is 11.5 Å². The number of nitrogens with one attached hydrogen (secondary N) is 1. The average molecular weight is 545 g/mol. The SMILES string of the molecule is Cc1cc(C)cc(N(C(=O)c2snc(C(N)=O)c2N)[C@H](C(=O)NCCC(C)C)c2ccc3ncccc3c2)c1. The van der Waals surface area contributed by atoms with Crippen molar-refractivity contribution in [3.8, 4) is 0 Å². The third-order valence-electron chi connectivity index (χ3n) is 6.33. The highest BCUT2D eigenvalue weighted by molar-refractivity contribution is 7.09. The highest BCUT2D eigenvalue weighted by Crippen LogP contribution is 2.35. The second kappa shape index (κ2) is 11.6. The number of nitrogens with two attached hydrogens (primary N) is 2.